The van der Waals surface area contributed by atoms with E-state index in [-0.39, 0.29) is 6.04 Å². The first kappa shape index (κ1) is 9.09. The van der Waals surface area contributed by atoms with Gasteiger partial charge in [0.05, 0.1) is 18.6 Å². The Hall–Kier alpha value is -1.48. The summed E-state index contributed by atoms with van der Waals surface area (Å²) in [6.07, 6.45) is 4.99. The average molecular weight is 191 g/mol. The number of hydrogen-bond donors (Lipinski definition) is 1. The zero-order chi connectivity index (χ0) is 9.80. The van der Waals surface area contributed by atoms with Gasteiger partial charge in [-0.2, -0.15) is 0 Å². The second-order valence-corrected chi connectivity index (χ2v) is 3.24. The lowest BCUT2D eigenvalue weighted by molar-refractivity contribution is 0.434. The van der Waals surface area contributed by atoms with Crippen LogP contribution >= 0.6 is 0 Å². The van der Waals surface area contributed by atoms with Crippen molar-refractivity contribution in [3.05, 3.63) is 48.3 Å². The van der Waals surface area contributed by atoms with Gasteiger partial charge < -0.3 is 14.6 Å². The molecule has 0 aliphatic carbocycles. The van der Waals surface area contributed by atoms with Crippen LogP contribution in [0.25, 0.3) is 0 Å². The molecule has 2 N–H and O–H groups in total. The topological polar surface area (TPSA) is 52.3 Å². The van der Waals surface area contributed by atoms with Crippen LogP contribution in [0, 0.1) is 0 Å². The van der Waals surface area contributed by atoms with Crippen LogP contribution in [-0.4, -0.2) is 0 Å². The van der Waals surface area contributed by atoms with Gasteiger partial charge >= 0.3 is 0 Å². The van der Waals surface area contributed by atoms with E-state index in [1.165, 1.54) is 0 Å². The number of rotatable bonds is 4. The predicted molar refractivity (Wildman–Crippen MR) is 52.7 cm³/mol. The van der Waals surface area contributed by atoms with E-state index in [2.05, 4.69) is 0 Å². The van der Waals surface area contributed by atoms with E-state index in [1.807, 2.05) is 24.3 Å². The summed E-state index contributed by atoms with van der Waals surface area (Å²) in [5.41, 5.74) is 5.92. The highest BCUT2D eigenvalue weighted by Gasteiger charge is 2.09. The molecule has 3 heteroatoms. The third kappa shape index (κ3) is 2.06. The fraction of sp³-hybridized carbons (Fsp3) is 0.273. The maximum absolute atomic E-state index is 5.92. The van der Waals surface area contributed by atoms with Gasteiger partial charge in [-0.05, 0) is 30.7 Å². The summed E-state index contributed by atoms with van der Waals surface area (Å²) in [6, 6.07) is 7.53. The van der Waals surface area contributed by atoms with Crippen LogP contribution in [0.1, 0.15) is 24.0 Å². The van der Waals surface area contributed by atoms with E-state index in [9.17, 15) is 0 Å². The highest BCUT2D eigenvalue weighted by molar-refractivity contribution is 5.05. The van der Waals surface area contributed by atoms with Gasteiger partial charge in [0.25, 0.3) is 0 Å². The molecule has 0 fully saturated rings. The SMILES string of the molecule is NC(CCc1ccco1)c1ccco1. The van der Waals surface area contributed by atoms with Crippen molar-refractivity contribution in [2.24, 2.45) is 5.73 Å². The van der Waals surface area contributed by atoms with Gasteiger partial charge in [-0.1, -0.05) is 0 Å². The Morgan fingerprint density at radius 2 is 1.93 bits per heavy atom. The summed E-state index contributed by atoms with van der Waals surface area (Å²) < 4.78 is 10.4. The smallest absolute Gasteiger partial charge is 0.120 e. The van der Waals surface area contributed by atoms with Crippen molar-refractivity contribution in [1.29, 1.82) is 0 Å². The van der Waals surface area contributed by atoms with Crippen LogP contribution in [0.5, 0.6) is 0 Å². The molecule has 0 aliphatic heterocycles. The second kappa shape index (κ2) is 4.15. The van der Waals surface area contributed by atoms with E-state index in [0.717, 1.165) is 24.4 Å². The molecule has 0 saturated carbocycles. The fourth-order valence-corrected chi connectivity index (χ4v) is 1.40. The summed E-state index contributed by atoms with van der Waals surface area (Å²) in [4.78, 5) is 0. The van der Waals surface area contributed by atoms with Gasteiger partial charge in [0.2, 0.25) is 0 Å². The number of nitrogens with two attached hydrogens (primary N) is 1. The minimum atomic E-state index is -0.0462. The molecule has 3 nitrogen and oxygen atoms in total. The normalized spacial score (nSPS) is 12.9. The maximum atomic E-state index is 5.92. The van der Waals surface area contributed by atoms with Gasteiger partial charge in [-0.15, -0.1) is 0 Å². The molecule has 2 aromatic heterocycles. The Labute approximate surface area is 82.5 Å². The van der Waals surface area contributed by atoms with Crippen LogP contribution in [0.15, 0.2) is 45.6 Å². The molecule has 0 amide bonds. The van der Waals surface area contributed by atoms with E-state index < -0.39 is 0 Å². The lowest BCUT2D eigenvalue weighted by atomic mass is 10.1. The van der Waals surface area contributed by atoms with Crippen molar-refractivity contribution in [3.8, 4) is 0 Å². The summed E-state index contributed by atoms with van der Waals surface area (Å²) >= 11 is 0. The van der Waals surface area contributed by atoms with Crippen LogP contribution < -0.4 is 5.73 Å². The predicted octanol–water partition coefficient (Wildman–Crippen LogP) is 2.51. The highest BCUT2D eigenvalue weighted by atomic mass is 16.3. The minimum Gasteiger partial charge on any atom is -0.469 e. The van der Waals surface area contributed by atoms with Crippen molar-refractivity contribution in [1.82, 2.24) is 0 Å². The van der Waals surface area contributed by atoms with Crippen molar-refractivity contribution >= 4 is 0 Å². The quantitative estimate of drug-likeness (QED) is 0.807. The molecule has 74 valence electrons. The Kier molecular flexibility index (Phi) is 2.70. The molecule has 0 radical (unpaired) electrons. The Bertz CT molecular complexity index is 351. The Morgan fingerprint density at radius 1 is 1.14 bits per heavy atom. The lowest BCUT2D eigenvalue weighted by Gasteiger charge is -2.06. The van der Waals surface area contributed by atoms with Crippen LogP contribution in [0.3, 0.4) is 0 Å². The zero-order valence-corrected chi connectivity index (χ0v) is 7.85. The molecular weight excluding hydrogens is 178 g/mol. The molecule has 1 unspecified atom stereocenters. The van der Waals surface area contributed by atoms with Crippen molar-refractivity contribution < 1.29 is 8.83 Å². The highest BCUT2D eigenvalue weighted by Crippen LogP contribution is 2.16. The van der Waals surface area contributed by atoms with E-state index in [4.69, 9.17) is 14.6 Å². The third-order valence-corrected chi connectivity index (χ3v) is 2.19. The maximum Gasteiger partial charge on any atom is 0.120 e. The summed E-state index contributed by atoms with van der Waals surface area (Å²) in [6.45, 7) is 0. The molecule has 0 saturated heterocycles. The first-order valence-electron chi connectivity index (χ1n) is 4.67. The molecule has 14 heavy (non-hydrogen) atoms. The van der Waals surface area contributed by atoms with Gasteiger partial charge in [0.15, 0.2) is 0 Å². The third-order valence-electron chi connectivity index (χ3n) is 2.19. The van der Waals surface area contributed by atoms with Crippen molar-refractivity contribution in [2.75, 3.05) is 0 Å². The molecular formula is C11H13NO2. The fourth-order valence-electron chi connectivity index (χ4n) is 1.40. The molecule has 0 aromatic carbocycles. The van der Waals surface area contributed by atoms with Crippen LogP contribution in [-0.2, 0) is 6.42 Å². The number of furan rings is 2. The minimum absolute atomic E-state index is 0.0462. The molecule has 1 atom stereocenters. The molecule has 2 heterocycles. The van der Waals surface area contributed by atoms with Crippen LogP contribution in [0.2, 0.25) is 0 Å². The molecule has 0 aliphatic rings. The average Bonchev–Trinajstić information content (AvgIpc) is 2.87. The Morgan fingerprint density at radius 3 is 2.57 bits per heavy atom. The van der Waals surface area contributed by atoms with Crippen molar-refractivity contribution in [2.45, 2.75) is 18.9 Å². The van der Waals surface area contributed by atoms with Crippen LogP contribution in [0.4, 0.5) is 0 Å². The first-order valence-corrected chi connectivity index (χ1v) is 4.67. The summed E-state index contributed by atoms with van der Waals surface area (Å²) in [7, 11) is 0. The molecule has 0 spiro atoms. The second-order valence-electron chi connectivity index (χ2n) is 3.24. The lowest BCUT2D eigenvalue weighted by Crippen LogP contribution is -2.10. The zero-order valence-electron chi connectivity index (χ0n) is 7.85. The van der Waals surface area contributed by atoms with Gasteiger partial charge in [0, 0.05) is 6.42 Å². The molecule has 2 rings (SSSR count). The first-order chi connectivity index (χ1) is 6.86. The number of aryl methyl sites for hydroxylation is 1. The largest absolute Gasteiger partial charge is 0.469 e. The van der Waals surface area contributed by atoms with Crippen molar-refractivity contribution in [3.63, 3.8) is 0 Å². The van der Waals surface area contributed by atoms with Gasteiger partial charge in [-0.25, -0.2) is 0 Å². The summed E-state index contributed by atoms with van der Waals surface area (Å²) in [5.74, 6) is 1.79. The van der Waals surface area contributed by atoms with E-state index in [1.54, 1.807) is 12.5 Å². The standard InChI is InChI=1S/C11H13NO2/c12-10(11-4-2-8-14-11)6-5-9-3-1-7-13-9/h1-4,7-8,10H,5-6,12H2. The molecule has 2 aromatic rings. The Balaban J connectivity index is 1.87. The van der Waals surface area contributed by atoms with Gasteiger partial charge in [-0.3, -0.25) is 0 Å². The molecule has 0 bridgehead atoms. The number of hydrogen-bond acceptors (Lipinski definition) is 3. The summed E-state index contributed by atoms with van der Waals surface area (Å²) in [5, 5.41) is 0. The van der Waals surface area contributed by atoms with Gasteiger partial charge in [0.1, 0.15) is 11.5 Å². The monoisotopic (exact) mass is 191 g/mol. The van der Waals surface area contributed by atoms with E-state index in [0.29, 0.717) is 0 Å². The van der Waals surface area contributed by atoms with E-state index >= 15 is 0 Å².